The number of fused-ring (bicyclic) bond motifs is 1. The van der Waals surface area contributed by atoms with E-state index in [2.05, 4.69) is 10.6 Å². The number of carbonyl (C=O) groups is 2. The van der Waals surface area contributed by atoms with Gasteiger partial charge in [-0.15, -0.1) is 0 Å². The fourth-order valence-electron chi connectivity index (χ4n) is 3.35. The van der Waals surface area contributed by atoms with E-state index in [-0.39, 0.29) is 30.6 Å². The van der Waals surface area contributed by atoms with Crippen LogP contribution in [0.1, 0.15) is 54.7 Å². The third-order valence-corrected chi connectivity index (χ3v) is 4.97. The number of rotatable bonds is 7. The van der Waals surface area contributed by atoms with Gasteiger partial charge in [-0.05, 0) is 55.5 Å². The van der Waals surface area contributed by atoms with Crippen LogP contribution in [0.4, 0.5) is 0 Å². The van der Waals surface area contributed by atoms with Crippen LogP contribution < -0.4 is 20.1 Å². The van der Waals surface area contributed by atoms with E-state index in [0.29, 0.717) is 23.5 Å². The fraction of sp³-hybridized carbons (Fsp3) is 0.391. The quantitative estimate of drug-likeness (QED) is 0.747. The van der Waals surface area contributed by atoms with E-state index in [1.165, 1.54) is 0 Å². The lowest BCUT2D eigenvalue weighted by atomic mass is 10.0. The Morgan fingerprint density at radius 1 is 1.00 bits per heavy atom. The molecule has 0 bridgehead atoms. The lowest BCUT2D eigenvalue weighted by Gasteiger charge is -2.23. The molecular formula is C23H28N2O4. The second kappa shape index (κ2) is 8.99. The molecule has 2 aromatic rings. The highest BCUT2D eigenvalue weighted by Crippen LogP contribution is 2.34. The molecule has 2 N–H and O–H groups in total. The average molecular weight is 396 g/mol. The highest BCUT2D eigenvalue weighted by molar-refractivity contribution is 5.98. The van der Waals surface area contributed by atoms with Gasteiger partial charge in [0.1, 0.15) is 6.04 Å². The van der Waals surface area contributed by atoms with Crippen molar-refractivity contribution in [3.8, 4) is 11.5 Å². The molecule has 1 aliphatic rings. The first-order valence-electron chi connectivity index (χ1n) is 9.91. The van der Waals surface area contributed by atoms with Gasteiger partial charge >= 0.3 is 0 Å². The van der Waals surface area contributed by atoms with Gasteiger partial charge in [0.15, 0.2) is 11.5 Å². The van der Waals surface area contributed by atoms with Crippen LogP contribution >= 0.6 is 0 Å². The summed E-state index contributed by atoms with van der Waals surface area (Å²) in [5.74, 6) is 1.19. The maximum absolute atomic E-state index is 13.0. The minimum atomic E-state index is -0.612. The first kappa shape index (κ1) is 20.7. The topological polar surface area (TPSA) is 76.7 Å². The molecular weight excluding hydrogens is 368 g/mol. The summed E-state index contributed by atoms with van der Waals surface area (Å²) in [5.41, 5.74) is 2.37. The van der Waals surface area contributed by atoms with Crippen LogP contribution in [-0.2, 0) is 4.79 Å². The highest BCUT2D eigenvalue weighted by Gasteiger charge is 2.25. The second-order valence-corrected chi connectivity index (χ2v) is 7.81. The molecule has 0 aromatic heterocycles. The van der Waals surface area contributed by atoms with Crippen molar-refractivity contribution in [1.29, 1.82) is 0 Å². The second-order valence-electron chi connectivity index (χ2n) is 7.81. The Hall–Kier alpha value is -3.02. The molecule has 2 amide bonds. The first-order valence-corrected chi connectivity index (χ1v) is 9.91. The van der Waals surface area contributed by atoms with Gasteiger partial charge in [-0.3, -0.25) is 9.59 Å². The Morgan fingerprint density at radius 2 is 1.72 bits per heavy atom. The van der Waals surface area contributed by atoms with Gasteiger partial charge in [-0.2, -0.15) is 0 Å². The van der Waals surface area contributed by atoms with Crippen molar-refractivity contribution in [3.63, 3.8) is 0 Å². The largest absolute Gasteiger partial charge is 0.454 e. The summed E-state index contributed by atoms with van der Waals surface area (Å²) in [6.07, 6.45) is 0.553. The van der Waals surface area contributed by atoms with Crippen molar-refractivity contribution < 1.29 is 19.1 Å². The normalized spacial score (nSPS) is 14.4. The molecule has 0 aliphatic carbocycles. The molecule has 3 rings (SSSR count). The summed E-state index contributed by atoms with van der Waals surface area (Å²) in [4.78, 5) is 25.7. The summed E-state index contributed by atoms with van der Waals surface area (Å²) in [6, 6.07) is 12.1. The minimum absolute atomic E-state index is 0.203. The Bertz CT molecular complexity index is 894. The maximum Gasteiger partial charge on any atom is 0.252 e. The summed E-state index contributed by atoms with van der Waals surface area (Å²) in [5, 5.41) is 5.92. The fourth-order valence-corrected chi connectivity index (χ4v) is 3.35. The molecule has 0 saturated heterocycles. The summed E-state index contributed by atoms with van der Waals surface area (Å²) in [7, 11) is 0. The minimum Gasteiger partial charge on any atom is -0.454 e. The molecule has 154 valence electrons. The molecule has 0 saturated carbocycles. The number of aryl methyl sites for hydroxylation is 1. The number of amides is 2. The van der Waals surface area contributed by atoms with Gasteiger partial charge in [0.05, 0.1) is 6.04 Å². The van der Waals surface area contributed by atoms with E-state index in [0.717, 1.165) is 11.1 Å². The van der Waals surface area contributed by atoms with Gasteiger partial charge in [0.2, 0.25) is 12.7 Å². The van der Waals surface area contributed by atoms with E-state index in [4.69, 9.17) is 9.47 Å². The van der Waals surface area contributed by atoms with Crippen molar-refractivity contribution in [2.75, 3.05) is 6.79 Å². The lowest BCUT2D eigenvalue weighted by Crippen LogP contribution is -2.48. The van der Waals surface area contributed by atoms with Crippen LogP contribution in [0.15, 0.2) is 42.5 Å². The molecule has 0 unspecified atom stereocenters. The van der Waals surface area contributed by atoms with Crippen molar-refractivity contribution >= 4 is 11.8 Å². The van der Waals surface area contributed by atoms with Gasteiger partial charge in [0, 0.05) is 5.56 Å². The van der Waals surface area contributed by atoms with E-state index >= 15 is 0 Å². The zero-order valence-corrected chi connectivity index (χ0v) is 17.3. The molecule has 6 heteroatoms. The van der Waals surface area contributed by atoms with Crippen LogP contribution in [0.5, 0.6) is 11.5 Å². The van der Waals surface area contributed by atoms with Gasteiger partial charge in [-0.25, -0.2) is 0 Å². The van der Waals surface area contributed by atoms with Gasteiger partial charge < -0.3 is 20.1 Å². The van der Waals surface area contributed by atoms with Crippen LogP contribution in [-0.4, -0.2) is 24.6 Å². The number of hydrogen-bond donors (Lipinski definition) is 2. The van der Waals surface area contributed by atoms with E-state index in [1.807, 2.05) is 64.1 Å². The van der Waals surface area contributed by atoms with Crippen LogP contribution in [0.2, 0.25) is 0 Å². The number of nitrogens with one attached hydrogen (secondary N) is 2. The van der Waals surface area contributed by atoms with Gasteiger partial charge in [0.25, 0.3) is 5.91 Å². The molecule has 6 nitrogen and oxygen atoms in total. The van der Waals surface area contributed by atoms with Crippen molar-refractivity contribution in [1.82, 2.24) is 10.6 Å². The third kappa shape index (κ3) is 5.08. The molecule has 2 atom stereocenters. The predicted molar refractivity (Wildman–Crippen MR) is 111 cm³/mol. The summed E-state index contributed by atoms with van der Waals surface area (Å²) in [6.45, 7) is 8.06. The number of benzene rings is 2. The Morgan fingerprint density at radius 3 is 2.45 bits per heavy atom. The third-order valence-electron chi connectivity index (χ3n) is 4.97. The number of carbonyl (C=O) groups excluding carboxylic acids is 2. The maximum atomic E-state index is 13.0. The predicted octanol–water partition coefficient (Wildman–Crippen LogP) is 3.75. The van der Waals surface area contributed by atoms with Crippen molar-refractivity contribution in [3.05, 3.63) is 59.2 Å². The molecule has 2 aromatic carbocycles. The molecule has 1 heterocycles. The summed E-state index contributed by atoms with van der Waals surface area (Å²) >= 11 is 0. The van der Waals surface area contributed by atoms with Crippen molar-refractivity contribution in [2.45, 2.75) is 46.2 Å². The van der Waals surface area contributed by atoms with Crippen LogP contribution in [0, 0.1) is 12.8 Å². The number of hydrogen-bond acceptors (Lipinski definition) is 4. The lowest BCUT2D eigenvalue weighted by molar-refractivity contribution is -0.124. The van der Waals surface area contributed by atoms with Crippen LogP contribution in [0.25, 0.3) is 0 Å². The molecule has 0 spiro atoms. The van der Waals surface area contributed by atoms with Gasteiger partial charge in [-0.1, -0.05) is 38.1 Å². The molecule has 29 heavy (non-hydrogen) atoms. The van der Waals surface area contributed by atoms with E-state index < -0.39 is 6.04 Å². The Labute approximate surface area is 171 Å². The van der Waals surface area contributed by atoms with Crippen molar-refractivity contribution in [2.24, 2.45) is 5.92 Å². The van der Waals surface area contributed by atoms with E-state index in [1.54, 1.807) is 6.07 Å². The monoisotopic (exact) mass is 396 g/mol. The molecule has 0 fully saturated rings. The zero-order chi connectivity index (χ0) is 21.0. The zero-order valence-electron chi connectivity index (χ0n) is 17.3. The standard InChI is InChI=1S/C23H28N2O4/c1-14(2)11-19(25-22(26)18-8-6-5-7-15(18)3)23(27)24-16(4)17-9-10-20-21(12-17)29-13-28-20/h5-10,12,14,16,19H,11,13H2,1-4H3,(H,24,27)(H,25,26)/t16-,19+/m0/s1. The number of ether oxygens (including phenoxy) is 2. The smallest absolute Gasteiger partial charge is 0.252 e. The molecule has 1 aliphatic heterocycles. The highest BCUT2D eigenvalue weighted by atomic mass is 16.7. The van der Waals surface area contributed by atoms with Crippen LogP contribution in [0.3, 0.4) is 0 Å². The van der Waals surface area contributed by atoms with E-state index in [9.17, 15) is 9.59 Å². The average Bonchev–Trinajstić information content (AvgIpc) is 3.15. The summed E-state index contributed by atoms with van der Waals surface area (Å²) < 4.78 is 10.7. The first-order chi connectivity index (χ1) is 13.8. The molecule has 0 radical (unpaired) electrons. The Kier molecular flexibility index (Phi) is 6.42. The SMILES string of the molecule is Cc1ccccc1C(=O)N[C@H](CC(C)C)C(=O)N[C@@H](C)c1ccc2c(c1)OCO2. The Balaban J connectivity index is 1.70.